The summed E-state index contributed by atoms with van der Waals surface area (Å²) in [4.78, 5) is 4.59. The van der Waals surface area contributed by atoms with E-state index >= 15 is 0 Å². The van der Waals surface area contributed by atoms with Gasteiger partial charge >= 0.3 is 0 Å². The Hall–Kier alpha value is -3.21. The van der Waals surface area contributed by atoms with Gasteiger partial charge in [-0.25, -0.2) is 4.98 Å². The molecule has 4 rings (SSSR count). The van der Waals surface area contributed by atoms with Gasteiger partial charge in [-0.1, -0.05) is 17.7 Å². The third-order valence-electron chi connectivity index (χ3n) is 3.65. The lowest BCUT2D eigenvalue weighted by molar-refractivity contribution is 0.582. The number of anilines is 1. The molecule has 0 aliphatic heterocycles. The van der Waals surface area contributed by atoms with Crippen LogP contribution in [0, 0.1) is 6.92 Å². The van der Waals surface area contributed by atoms with E-state index in [1.807, 2.05) is 36.4 Å². The number of nitrogens with zero attached hydrogens (tertiary/aromatic N) is 3. The minimum absolute atomic E-state index is 0.402. The molecular weight excluding hydrogens is 288 g/mol. The summed E-state index contributed by atoms with van der Waals surface area (Å²) in [6.45, 7) is 2.06. The SMILES string of the molecule is Cc1ccc2nc(-c3nnc(-c4ccc(N)cc4)o3)ccc2c1. The summed E-state index contributed by atoms with van der Waals surface area (Å²) in [5.74, 6) is 0.852. The Morgan fingerprint density at radius 1 is 0.870 bits per heavy atom. The first-order valence-electron chi connectivity index (χ1n) is 7.26. The number of pyridine rings is 1. The highest BCUT2D eigenvalue weighted by molar-refractivity contribution is 5.81. The van der Waals surface area contributed by atoms with E-state index in [2.05, 4.69) is 28.2 Å². The van der Waals surface area contributed by atoms with Gasteiger partial charge in [0.15, 0.2) is 0 Å². The van der Waals surface area contributed by atoms with Crippen LogP contribution in [0.25, 0.3) is 33.9 Å². The van der Waals surface area contributed by atoms with Crippen LogP contribution >= 0.6 is 0 Å². The first-order chi connectivity index (χ1) is 11.2. The Labute approximate surface area is 132 Å². The average molecular weight is 302 g/mol. The van der Waals surface area contributed by atoms with Crippen LogP contribution in [0.3, 0.4) is 0 Å². The van der Waals surface area contributed by atoms with Gasteiger partial charge in [0.25, 0.3) is 5.89 Å². The van der Waals surface area contributed by atoms with Crippen molar-refractivity contribution >= 4 is 16.6 Å². The Bertz CT molecular complexity index is 990. The zero-order valence-corrected chi connectivity index (χ0v) is 12.5. The largest absolute Gasteiger partial charge is 0.415 e. The first-order valence-corrected chi connectivity index (χ1v) is 7.26. The lowest BCUT2D eigenvalue weighted by Crippen LogP contribution is -1.86. The monoisotopic (exact) mass is 302 g/mol. The molecule has 0 unspecified atom stereocenters. The third-order valence-corrected chi connectivity index (χ3v) is 3.65. The van der Waals surface area contributed by atoms with Gasteiger partial charge in [-0.3, -0.25) is 0 Å². The Balaban J connectivity index is 1.73. The fourth-order valence-electron chi connectivity index (χ4n) is 2.43. The van der Waals surface area contributed by atoms with Crippen LogP contribution in [0.5, 0.6) is 0 Å². The lowest BCUT2D eigenvalue weighted by atomic mass is 10.1. The molecule has 0 radical (unpaired) electrons. The summed E-state index contributed by atoms with van der Waals surface area (Å²) in [5.41, 5.74) is 9.98. The van der Waals surface area contributed by atoms with Crippen molar-refractivity contribution in [1.82, 2.24) is 15.2 Å². The molecular formula is C18H14N4O. The van der Waals surface area contributed by atoms with E-state index in [1.165, 1.54) is 5.56 Å². The molecule has 0 bridgehead atoms. The van der Waals surface area contributed by atoms with Crippen molar-refractivity contribution in [2.75, 3.05) is 5.73 Å². The fraction of sp³-hybridized carbons (Fsp3) is 0.0556. The van der Waals surface area contributed by atoms with Crippen LogP contribution < -0.4 is 5.73 Å². The van der Waals surface area contributed by atoms with Gasteiger partial charge < -0.3 is 10.2 Å². The third kappa shape index (κ3) is 2.53. The quantitative estimate of drug-likeness (QED) is 0.569. The van der Waals surface area contributed by atoms with Gasteiger partial charge in [0.2, 0.25) is 5.89 Å². The van der Waals surface area contributed by atoms with Crippen molar-refractivity contribution in [3.63, 3.8) is 0 Å². The smallest absolute Gasteiger partial charge is 0.266 e. The average Bonchev–Trinajstić information content (AvgIpc) is 3.05. The van der Waals surface area contributed by atoms with Gasteiger partial charge in [-0.05, 0) is 49.4 Å². The van der Waals surface area contributed by atoms with Crippen molar-refractivity contribution in [1.29, 1.82) is 0 Å². The van der Waals surface area contributed by atoms with Crippen molar-refractivity contribution in [3.05, 3.63) is 60.2 Å². The van der Waals surface area contributed by atoms with Gasteiger partial charge in [0.1, 0.15) is 5.69 Å². The van der Waals surface area contributed by atoms with E-state index < -0.39 is 0 Å². The van der Waals surface area contributed by atoms with E-state index in [-0.39, 0.29) is 0 Å². The maximum absolute atomic E-state index is 5.74. The number of benzene rings is 2. The van der Waals surface area contributed by atoms with Crippen LogP contribution in [0.1, 0.15) is 5.56 Å². The highest BCUT2D eigenvalue weighted by Gasteiger charge is 2.12. The van der Waals surface area contributed by atoms with Crippen molar-refractivity contribution in [3.8, 4) is 23.0 Å². The van der Waals surface area contributed by atoms with E-state index in [0.29, 0.717) is 23.2 Å². The molecule has 0 fully saturated rings. The summed E-state index contributed by atoms with van der Waals surface area (Å²) < 4.78 is 5.74. The number of hydrogen-bond donors (Lipinski definition) is 1. The summed E-state index contributed by atoms with van der Waals surface area (Å²) >= 11 is 0. The molecule has 0 atom stereocenters. The van der Waals surface area contributed by atoms with Crippen molar-refractivity contribution in [2.45, 2.75) is 6.92 Å². The normalized spacial score (nSPS) is 11.0. The fourth-order valence-corrected chi connectivity index (χ4v) is 2.43. The van der Waals surface area contributed by atoms with Crippen molar-refractivity contribution < 1.29 is 4.42 Å². The van der Waals surface area contributed by atoms with Gasteiger partial charge in [-0.2, -0.15) is 0 Å². The highest BCUT2D eigenvalue weighted by atomic mass is 16.4. The molecule has 0 saturated carbocycles. The number of nitrogens with two attached hydrogens (primary N) is 1. The van der Waals surface area contributed by atoms with Crippen LogP contribution in [0.2, 0.25) is 0 Å². The zero-order chi connectivity index (χ0) is 15.8. The van der Waals surface area contributed by atoms with Crippen LogP contribution in [0.4, 0.5) is 5.69 Å². The second-order valence-corrected chi connectivity index (χ2v) is 5.43. The van der Waals surface area contributed by atoms with Crippen LogP contribution in [0.15, 0.2) is 59.0 Å². The molecule has 5 nitrogen and oxygen atoms in total. The second-order valence-electron chi connectivity index (χ2n) is 5.43. The highest BCUT2D eigenvalue weighted by Crippen LogP contribution is 2.25. The Kier molecular flexibility index (Phi) is 3.05. The molecule has 0 amide bonds. The molecule has 5 heteroatoms. The Morgan fingerprint density at radius 3 is 2.48 bits per heavy atom. The van der Waals surface area contributed by atoms with E-state index in [0.717, 1.165) is 16.5 Å². The van der Waals surface area contributed by atoms with Crippen LogP contribution in [-0.4, -0.2) is 15.2 Å². The zero-order valence-electron chi connectivity index (χ0n) is 12.5. The number of fused-ring (bicyclic) bond motifs is 1. The predicted octanol–water partition coefficient (Wildman–Crippen LogP) is 3.84. The van der Waals surface area contributed by atoms with Crippen LogP contribution in [-0.2, 0) is 0 Å². The standard InChI is InChI=1S/C18H14N4O/c1-11-2-8-15-13(10-11)5-9-16(20-15)18-22-21-17(23-18)12-3-6-14(19)7-4-12/h2-10H,19H2,1H3. The Morgan fingerprint density at radius 2 is 1.65 bits per heavy atom. The molecule has 2 aromatic heterocycles. The molecule has 0 aliphatic carbocycles. The molecule has 4 aromatic rings. The molecule has 2 heterocycles. The maximum Gasteiger partial charge on any atom is 0.266 e. The summed E-state index contributed by atoms with van der Waals surface area (Å²) in [5, 5.41) is 9.28. The topological polar surface area (TPSA) is 77.8 Å². The molecule has 23 heavy (non-hydrogen) atoms. The predicted molar refractivity (Wildman–Crippen MR) is 89.6 cm³/mol. The van der Waals surface area contributed by atoms with Gasteiger partial charge in [-0.15, -0.1) is 10.2 Å². The molecule has 2 aromatic carbocycles. The van der Waals surface area contributed by atoms with E-state index in [9.17, 15) is 0 Å². The maximum atomic E-state index is 5.74. The first kappa shape index (κ1) is 13.5. The molecule has 0 spiro atoms. The van der Waals surface area contributed by atoms with Gasteiger partial charge in [0, 0.05) is 16.6 Å². The van der Waals surface area contributed by atoms with E-state index in [4.69, 9.17) is 10.2 Å². The molecule has 2 N–H and O–H groups in total. The minimum atomic E-state index is 0.402. The lowest BCUT2D eigenvalue weighted by Gasteiger charge is -2.00. The summed E-state index contributed by atoms with van der Waals surface area (Å²) in [6, 6.07) is 17.3. The number of hydrogen-bond acceptors (Lipinski definition) is 5. The molecule has 112 valence electrons. The van der Waals surface area contributed by atoms with Gasteiger partial charge in [0.05, 0.1) is 5.52 Å². The van der Waals surface area contributed by atoms with E-state index in [1.54, 1.807) is 12.1 Å². The molecule has 0 saturated heterocycles. The minimum Gasteiger partial charge on any atom is -0.415 e. The second kappa shape index (κ2) is 5.21. The number of rotatable bonds is 2. The van der Waals surface area contributed by atoms with Crippen molar-refractivity contribution in [2.24, 2.45) is 0 Å². The number of aromatic nitrogens is 3. The number of aryl methyl sites for hydroxylation is 1. The summed E-state index contributed by atoms with van der Waals surface area (Å²) in [6.07, 6.45) is 0. The number of nitrogen functional groups attached to an aromatic ring is 1. The summed E-state index contributed by atoms with van der Waals surface area (Å²) in [7, 11) is 0. The molecule has 0 aliphatic rings.